The number of esters is 1. The molecule has 1 saturated carbocycles. The molecule has 4 nitrogen and oxygen atoms in total. The van der Waals surface area contributed by atoms with Gasteiger partial charge in [0, 0.05) is 18.7 Å². The van der Waals surface area contributed by atoms with Crippen LogP contribution in [0, 0.1) is 5.92 Å². The van der Waals surface area contributed by atoms with Crippen molar-refractivity contribution in [3.8, 4) is 0 Å². The standard InChI is InChI=1S/C13H25NO3/c1-3-17-13(16)11-4-6-12(7-5-11)14-10(2)8-9-15/h10-12,14-15H,3-9H2,1-2H3. The minimum absolute atomic E-state index is 0.0330. The maximum atomic E-state index is 11.6. The summed E-state index contributed by atoms with van der Waals surface area (Å²) in [6.45, 7) is 4.65. The Morgan fingerprint density at radius 3 is 2.59 bits per heavy atom. The van der Waals surface area contributed by atoms with E-state index in [1.54, 1.807) is 0 Å². The maximum Gasteiger partial charge on any atom is 0.308 e. The molecule has 0 heterocycles. The highest BCUT2D eigenvalue weighted by Gasteiger charge is 2.27. The zero-order valence-corrected chi connectivity index (χ0v) is 10.9. The fourth-order valence-corrected chi connectivity index (χ4v) is 2.44. The highest BCUT2D eigenvalue weighted by Crippen LogP contribution is 2.25. The van der Waals surface area contributed by atoms with Gasteiger partial charge in [-0.05, 0) is 46.0 Å². The fourth-order valence-electron chi connectivity index (χ4n) is 2.44. The molecule has 0 radical (unpaired) electrons. The number of hydrogen-bond acceptors (Lipinski definition) is 4. The van der Waals surface area contributed by atoms with Gasteiger partial charge < -0.3 is 15.2 Å². The number of carbonyl (C=O) groups is 1. The monoisotopic (exact) mass is 243 g/mol. The molecule has 1 rings (SSSR count). The van der Waals surface area contributed by atoms with Crippen LogP contribution < -0.4 is 5.32 Å². The molecular formula is C13H25NO3. The van der Waals surface area contributed by atoms with Crippen LogP contribution in [0.25, 0.3) is 0 Å². The average Bonchev–Trinajstić information content (AvgIpc) is 2.30. The van der Waals surface area contributed by atoms with Crippen LogP contribution >= 0.6 is 0 Å². The summed E-state index contributed by atoms with van der Waals surface area (Å²) in [4.78, 5) is 11.6. The Labute approximate surface area is 104 Å². The molecule has 100 valence electrons. The summed E-state index contributed by atoms with van der Waals surface area (Å²) >= 11 is 0. The normalized spacial score (nSPS) is 26.5. The summed E-state index contributed by atoms with van der Waals surface area (Å²) in [6, 6.07) is 0.839. The van der Waals surface area contributed by atoms with Gasteiger partial charge in [0.25, 0.3) is 0 Å². The second-order valence-corrected chi connectivity index (χ2v) is 4.88. The molecular weight excluding hydrogens is 218 g/mol. The Balaban J connectivity index is 2.23. The van der Waals surface area contributed by atoms with Crippen LogP contribution in [0.3, 0.4) is 0 Å². The van der Waals surface area contributed by atoms with E-state index in [0.29, 0.717) is 18.7 Å². The van der Waals surface area contributed by atoms with Gasteiger partial charge in [-0.2, -0.15) is 0 Å². The molecule has 0 aromatic carbocycles. The van der Waals surface area contributed by atoms with Gasteiger partial charge in [0.15, 0.2) is 0 Å². The highest BCUT2D eigenvalue weighted by atomic mass is 16.5. The Kier molecular flexibility index (Phi) is 6.52. The third kappa shape index (κ3) is 5.04. The van der Waals surface area contributed by atoms with Crippen LogP contribution in [0.15, 0.2) is 0 Å². The highest BCUT2D eigenvalue weighted by molar-refractivity contribution is 5.72. The van der Waals surface area contributed by atoms with Crippen LogP contribution in [0.5, 0.6) is 0 Å². The summed E-state index contributed by atoms with van der Waals surface area (Å²) in [5, 5.41) is 12.3. The molecule has 0 aromatic heterocycles. The SMILES string of the molecule is CCOC(=O)C1CCC(NC(C)CCO)CC1. The molecule has 1 fully saturated rings. The number of nitrogens with one attached hydrogen (secondary N) is 1. The number of hydrogen-bond donors (Lipinski definition) is 2. The first kappa shape index (κ1) is 14.5. The van der Waals surface area contributed by atoms with Gasteiger partial charge in [-0.15, -0.1) is 0 Å². The number of rotatable bonds is 6. The lowest BCUT2D eigenvalue weighted by atomic mass is 9.85. The summed E-state index contributed by atoms with van der Waals surface area (Å²) in [6.07, 6.45) is 4.68. The molecule has 2 N–H and O–H groups in total. The van der Waals surface area contributed by atoms with Gasteiger partial charge in [0.1, 0.15) is 0 Å². The van der Waals surface area contributed by atoms with Crippen molar-refractivity contribution >= 4 is 5.97 Å². The molecule has 0 aromatic rings. The molecule has 0 spiro atoms. The molecule has 1 atom stereocenters. The quantitative estimate of drug-likeness (QED) is 0.694. The van der Waals surface area contributed by atoms with Crippen LogP contribution in [-0.2, 0) is 9.53 Å². The van der Waals surface area contributed by atoms with Crippen molar-refractivity contribution in [1.82, 2.24) is 5.32 Å². The van der Waals surface area contributed by atoms with E-state index in [1.807, 2.05) is 6.92 Å². The first-order valence-corrected chi connectivity index (χ1v) is 6.70. The van der Waals surface area contributed by atoms with Crippen molar-refractivity contribution in [2.45, 2.75) is 58.0 Å². The molecule has 1 aliphatic rings. The van der Waals surface area contributed by atoms with E-state index >= 15 is 0 Å². The van der Waals surface area contributed by atoms with Crippen LogP contribution in [0.4, 0.5) is 0 Å². The lowest BCUT2D eigenvalue weighted by Gasteiger charge is -2.30. The molecule has 0 saturated heterocycles. The molecule has 0 amide bonds. The fraction of sp³-hybridized carbons (Fsp3) is 0.923. The summed E-state index contributed by atoms with van der Waals surface area (Å²) < 4.78 is 5.04. The zero-order valence-electron chi connectivity index (χ0n) is 10.9. The van der Waals surface area contributed by atoms with Gasteiger partial charge >= 0.3 is 5.97 Å². The molecule has 17 heavy (non-hydrogen) atoms. The Morgan fingerprint density at radius 2 is 2.06 bits per heavy atom. The van der Waals surface area contributed by atoms with E-state index in [0.717, 1.165) is 32.1 Å². The van der Waals surface area contributed by atoms with E-state index in [9.17, 15) is 4.79 Å². The van der Waals surface area contributed by atoms with Crippen molar-refractivity contribution in [2.75, 3.05) is 13.2 Å². The minimum atomic E-state index is -0.0330. The van der Waals surface area contributed by atoms with Gasteiger partial charge in [0.05, 0.1) is 12.5 Å². The van der Waals surface area contributed by atoms with Crippen LogP contribution in [0.1, 0.15) is 46.0 Å². The lowest BCUT2D eigenvalue weighted by Crippen LogP contribution is -2.40. The largest absolute Gasteiger partial charge is 0.466 e. The number of aliphatic hydroxyl groups excluding tert-OH is 1. The van der Waals surface area contributed by atoms with E-state index in [1.165, 1.54) is 0 Å². The molecule has 0 bridgehead atoms. The minimum Gasteiger partial charge on any atom is -0.466 e. The van der Waals surface area contributed by atoms with Gasteiger partial charge in [-0.1, -0.05) is 0 Å². The first-order valence-electron chi connectivity index (χ1n) is 6.70. The van der Waals surface area contributed by atoms with Gasteiger partial charge in [-0.3, -0.25) is 4.79 Å². The number of carbonyl (C=O) groups excluding carboxylic acids is 1. The molecule has 1 aliphatic carbocycles. The predicted molar refractivity (Wildman–Crippen MR) is 66.7 cm³/mol. The van der Waals surface area contributed by atoms with E-state index in [4.69, 9.17) is 9.84 Å². The summed E-state index contributed by atoms with van der Waals surface area (Å²) in [7, 11) is 0. The summed E-state index contributed by atoms with van der Waals surface area (Å²) in [5.74, 6) is 0.0653. The van der Waals surface area contributed by atoms with Gasteiger partial charge in [-0.25, -0.2) is 0 Å². The van der Waals surface area contributed by atoms with E-state index in [2.05, 4.69) is 12.2 Å². The average molecular weight is 243 g/mol. The zero-order chi connectivity index (χ0) is 12.7. The second-order valence-electron chi connectivity index (χ2n) is 4.88. The maximum absolute atomic E-state index is 11.6. The lowest BCUT2D eigenvalue weighted by molar-refractivity contribution is -0.149. The Hall–Kier alpha value is -0.610. The predicted octanol–water partition coefficient (Wildman–Crippen LogP) is 1.47. The van der Waals surface area contributed by atoms with Crippen molar-refractivity contribution in [1.29, 1.82) is 0 Å². The smallest absolute Gasteiger partial charge is 0.308 e. The van der Waals surface area contributed by atoms with Crippen LogP contribution in [0.2, 0.25) is 0 Å². The van der Waals surface area contributed by atoms with Crippen molar-refractivity contribution in [2.24, 2.45) is 5.92 Å². The Morgan fingerprint density at radius 1 is 1.41 bits per heavy atom. The van der Waals surface area contributed by atoms with Crippen molar-refractivity contribution in [3.63, 3.8) is 0 Å². The van der Waals surface area contributed by atoms with E-state index < -0.39 is 0 Å². The Bertz CT molecular complexity index is 225. The third-order valence-electron chi connectivity index (χ3n) is 3.43. The van der Waals surface area contributed by atoms with E-state index in [-0.39, 0.29) is 18.5 Å². The number of aliphatic hydroxyl groups is 1. The summed E-state index contributed by atoms with van der Waals surface area (Å²) in [5.41, 5.74) is 0. The molecule has 0 aliphatic heterocycles. The second kappa shape index (κ2) is 7.67. The third-order valence-corrected chi connectivity index (χ3v) is 3.43. The topological polar surface area (TPSA) is 58.6 Å². The number of ether oxygens (including phenoxy) is 1. The van der Waals surface area contributed by atoms with Gasteiger partial charge in [0.2, 0.25) is 0 Å². The van der Waals surface area contributed by atoms with Crippen molar-refractivity contribution in [3.05, 3.63) is 0 Å². The van der Waals surface area contributed by atoms with Crippen molar-refractivity contribution < 1.29 is 14.6 Å². The molecule has 1 unspecified atom stereocenters. The van der Waals surface area contributed by atoms with Crippen LogP contribution in [-0.4, -0.2) is 36.4 Å². The first-order chi connectivity index (χ1) is 8.17. The molecule has 4 heteroatoms.